The third kappa shape index (κ3) is 2.52. The van der Waals surface area contributed by atoms with Crippen LogP contribution >= 0.6 is 0 Å². The second-order valence-electron chi connectivity index (χ2n) is 7.22. The van der Waals surface area contributed by atoms with Gasteiger partial charge in [0.05, 0.1) is 17.3 Å². The second kappa shape index (κ2) is 6.78. The Balaban J connectivity index is 1.77. The molecule has 3 amide bonds. The minimum absolute atomic E-state index is 0.138. The zero-order valence-corrected chi connectivity index (χ0v) is 16.0. The Hall–Kier alpha value is -3.15. The van der Waals surface area contributed by atoms with Crippen LogP contribution in [0.5, 0.6) is 0 Å². The maximum absolute atomic E-state index is 13.6. The Morgan fingerprint density at radius 3 is 2.50 bits per heavy atom. The van der Waals surface area contributed by atoms with E-state index in [1.807, 2.05) is 44.2 Å². The molecular weight excluding hydrogens is 354 g/mol. The largest absolute Gasteiger partial charge is 0.346 e. The predicted octanol–water partition coefficient (Wildman–Crippen LogP) is 2.86. The number of nitrogens with one attached hydrogen (secondary N) is 1. The molecule has 0 bridgehead atoms. The Morgan fingerprint density at radius 2 is 1.79 bits per heavy atom. The van der Waals surface area contributed by atoms with E-state index >= 15 is 0 Å². The number of fused-ring (bicyclic) bond motifs is 3. The summed E-state index contributed by atoms with van der Waals surface area (Å²) in [5.74, 6) is -0.674. The van der Waals surface area contributed by atoms with Crippen LogP contribution in [0.25, 0.3) is 0 Å². The fourth-order valence-corrected chi connectivity index (χ4v) is 4.34. The summed E-state index contributed by atoms with van der Waals surface area (Å²) < 4.78 is 0. The third-order valence-corrected chi connectivity index (χ3v) is 5.70. The van der Waals surface area contributed by atoms with E-state index in [1.54, 1.807) is 24.3 Å². The van der Waals surface area contributed by atoms with E-state index in [0.29, 0.717) is 17.8 Å². The number of carbonyl (C=O) groups excluding carboxylic acids is 3. The van der Waals surface area contributed by atoms with E-state index in [4.69, 9.17) is 0 Å². The van der Waals surface area contributed by atoms with Gasteiger partial charge in [-0.25, -0.2) is 0 Å². The maximum atomic E-state index is 13.6. The van der Waals surface area contributed by atoms with E-state index in [-0.39, 0.29) is 36.6 Å². The Labute approximate surface area is 164 Å². The molecule has 2 atom stereocenters. The molecular formula is C22H23N3O3. The van der Waals surface area contributed by atoms with Crippen LogP contribution in [-0.2, 0) is 9.59 Å². The number of hydrogen-bond donors (Lipinski definition) is 1. The number of rotatable bonds is 4. The molecule has 2 aliphatic heterocycles. The molecule has 1 N–H and O–H groups in total. The highest BCUT2D eigenvalue weighted by atomic mass is 16.2. The molecule has 2 aromatic rings. The zero-order valence-electron chi connectivity index (χ0n) is 16.0. The molecule has 2 aromatic carbocycles. The summed E-state index contributed by atoms with van der Waals surface area (Å²) in [5, 5.41) is 3.04. The first kappa shape index (κ1) is 18.2. The highest BCUT2D eigenvalue weighted by Gasteiger charge is 2.60. The Morgan fingerprint density at radius 1 is 1.11 bits per heavy atom. The van der Waals surface area contributed by atoms with Gasteiger partial charge < -0.3 is 10.2 Å². The van der Waals surface area contributed by atoms with Crippen LogP contribution in [-0.4, -0.2) is 34.8 Å². The fraction of sp³-hybridized carbons (Fsp3) is 0.318. The van der Waals surface area contributed by atoms with Crippen molar-refractivity contribution < 1.29 is 14.4 Å². The number of para-hydroxylation sites is 1. The molecule has 1 fully saturated rings. The summed E-state index contributed by atoms with van der Waals surface area (Å²) in [7, 11) is 0. The molecule has 6 nitrogen and oxygen atoms in total. The quantitative estimate of drug-likeness (QED) is 0.891. The molecule has 0 spiro atoms. The van der Waals surface area contributed by atoms with E-state index < -0.39 is 5.66 Å². The van der Waals surface area contributed by atoms with Crippen LogP contribution in [0.3, 0.4) is 0 Å². The number of benzene rings is 2. The van der Waals surface area contributed by atoms with Gasteiger partial charge in [0.25, 0.3) is 11.8 Å². The highest BCUT2D eigenvalue weighted by Crippen LogP contribution is 2.44. The van der Waals surface area contributed by atoms with Crippen LogP contribution in [0, 0.1) is 0 Å². The van der Waals surface area contributed by atoms with Gasteiger partial charge in [-0.2, -0.15) is 0 Å². The summed E-state index contributed by atoms with van der Waals surface area (Å²) in [6.45, 7) is 4.08. The number of amides is 3. The lowest BCUT2D eigenvalue weighted by molar-refractivity contribution is -0.134. The van der Waals surface area contributed by atoms with Gasteiger partial charge in [-0.3, -0.25) is 19.3 Å². The molecule has 0 aromatic heterocycles. The molecule has 4 rings (SSSR count). The van der Waals surface area contributed by atoms with Crippen molar-refractivity contribution in [2.45, 2.75) is 38.4 Å². The average molecular weight is 377 g/mol. The first-order valence-electron chi connectivity index (χ1n) is 9.60. The van der Waals surface area contributed by atoms with E-state index in [0.717, 1.165) is 5.56 Å². The first-order chi connectivity index (χ1) is 13.5. The number of likely N-dealkylation sites (N-methyl/N-ethyl adjacent to an activating group) is 1. The van der Waals surface area contributed by atoms with Gasteiger partial charge >= 0.3 is 0 Å². The van der Waals surface area contributed by atoms with Crippen molar-refractivity contribution in [3.05, 3.63) is 65.7 Å². The smallest absolute Gasteiger partial charge is 0.267 e. The van der Waals surface area contributed by atoms with Gasteiger partial charge in [-0.05, 0) is 31.5 Å². The first-order valence-corrected chi connectivity index (χ1v) is 9.60. The summed E-state index contributed by atoms with van der Waals surface area (Å²) >= 11 is 0. The lowest BCUT2D eigenvalue weighted by atomic mass is 9.95. The minimum atomic E-state index is -1.32. The molecule has 144 valence electrons. The standard InChI is InChI=1S/C22H23N3O3/c1-3-24-20(27)17-11-7-8-12-18(17)25-19(26)13-14-22(24,25)21(28)23-15(2)16-9-5-4-6-10-16/h4-12,15H,3,13-14H2,1-2H3,(H,23,28)/t15-,22+/m0/s1. The van der Waals surface area contributed by atoms with Gasteiger partial charge in [0.2, 0.25) is 11.6 Å². The molecule has 28 heavy (non-hydrogen) atoms. The number of hydrogen-bond acceptors (Lipinski definition) is 3. The Bertz CT molecular complexity index is 943. The van der Waals surface area contributed by atoms with Crippen LogP contribution in [0.1, 0.15) is 48.7 Å². The van der Waals surface area contributed by atoms with Gasteiger partial charge in [-0.15, -0.1) is 0 Å². The van der Waals surface area contributed by atoms with Crippen molar-refractivity contribution in [1.82, 2.24) is 10.2 Å². The van der Waals surface area contributed by atoms with Crippen molar-refractivity contribution in [1.29, 1.82) is 0 Å². The normalized spacial score (nSPS) is 21.9. The van der Waals surface area contributed by atoms with Crippen LogP contribution in [0.2, 0.25) is 0 Å². The van der Waals surface area contributed by atoms with Gasteiger partial charge in [0.1, 0.15) is 0 Å². The van der Waals surface area contributed by atoms with E-state index in [2.05, 4.69) is 5.32 Å². The molecule has 6 heteroatoms. The van der Waals surface area contributed by atoms with Crippen molar-refractivity contribution in [3.8, 4) is 0 Å². The molecule has 2 heterocycles. The molecule has 0 radical (unpaired) electrons. The van der Waals surface area contributed by atoms with Crippen molar-refractivity contribution >= 4 is 23.4 Å². The number of carbonyl (C=O) groups is 3. The summed E-state index contributed by atoms with van der Waals surface area (Å²) in [6.07, 6.45) is 0.512. The SMILES string of the molecule is CCN1C(=O)c2ccccc2N2C(=O)CC[C@@]12C(=O)N[C@@H](C)c1ccccc1. The van der Waals surface area contributed by atoms with Crippen LogP contribution in [0.4, 0.5) is 5.69 Å². The van der Waals surface area contributed by atoms with Gasteiger partial charge in [0, 0.05) is 19.4 Å². The van der Waals surface area contributed by atoms with Gasteiger partial charge in [0.15, 0.2) is 0 Å². The van der Waals surface area contributed by atoms with Crippen molar-refractivity contribution in [3.63, 3.8) is 0 Å². The monoisotopic (exact) mass is 377 g/mol. The predicted molar refractivity (Wildman–Crippen MR) is 106 cm³/mol. The number of nitrogens with zero attached hydrogens (tertiary/aromatic N) is 2. The maximum Gasteiger partial charge on any atom is 0.267 e. The van der Waals surface area contributed by atoms with Gasteiger partial charge in [-0.1, -0.05) is 42.5 Å². The minimum Gasteiger partial charge on any atom is -0.346 e. The van der Waals surface area contributed by atoms with Crippen molar-refractivity contribution in [2.75, 3.05) is 11.4 Å². The van der Waals surface area contributed by atoms with E-state index in [1.165, 1.54) is 9.80 Å². The second-order valence-corrected chi connectivity index (χ2v) is 7.22. The number of anilines is 1. The molecule has 0 unspecified atom stereocenters. The third-order valence-electron chi connectivity index (χ3n) is 5.70. The van der Waals surface area contributed by atoms with Crippen molar-refractivity contribution in [2.24, 2.45) is 0 Å². The Kier molecular flexibility index (Phi) is 4.41. The highest BCUT2D eigenvalue weighted by molar-refractivity contribution is 6.16. The van der Waals surface area contributed by atoms with Crippen LogP contribution < -0.4 is 10.2 Å². The topological polar surface area (TPSA) is 69.7 Å². The zero-order chi connectivity index (χ0) is 19.9. The lowest BCUT2D eigenvalue weighted by Crippen LogP contribution is -2.70. The molecule has 1 saturated heterocycles. The average Bonchev–Trinajstić information content (AvgIpc) is 3.07. The lowest BCUT2D eigenvalue weighted by Gasteiger charge is -2.49. The molecule has 0 aliphatic carbocycles. The molecule has 0 saturated carbocycles. The fourth-order valence-electron chi connectivity index (χ4n) is 4.34. The summed E-state index contributed by atoms with van der Waals surface area (Å²) in [4.78, 5) is 42.6. The summed E-state index contributed by atoms with van der Waals surface area (Å²) in [6, 6.07) is 16.4. The van der Waals surface area contributed by atoms with E-state index in [9.17, 15) is 14.4 Å². The molecule has 2 aliphatic rings. The van der Waals surface area contributed by atoms with Crippen LogP contribution in [0.15, 0.2) is 54.6 Å². The summed E-state index contributed by atoms with van der Waals surface area (Å²) in [5.41, 5.74) is 0.621.